The number of aliphatic hydroxyl groups is 1. The molecule has 5 nitrogen and oxygen atoms in total. The third kappa shape index (κ3) is 6.01. The molecule has 3 rings (SSSR count). The van der Waals surface area contributed by atoms with Crippen LogP contribution in [0, 0.1) is 0 Å². The number of rotatable bonds is 6. The Morgan fingerprint density at radius 3 is 2.74 bits per heavy atom. The molecule has 1 aromatic carbocycles. The fourth-order valence-corrected chi connectivity index (χ4v) is 3.79. The minimum Gasteiger partial charge on any atom is -0.392 e. The first-order valence-electron chi connectivity index (χ1n) is 8.83. The fourth-order valence-electron chi connectivity index (χ4n) is 3.37. The first-order valence-corrected chi connectivity index (χ1v) is 9.62. The summed E-state index contributed by atoms with van der Waals surface area (Å²) in [6.45, 7) is 2.25. The van der Waals surface area contributed by atoms with Crippen LogP contribution in [-0.4, -0.2) is 58.6 Å². The van der Waals surface area contributed by atoms with Gasteiger partial charge in [-0.15, -0.1) is 12.4 Å². The average molecular weight is 455 g/mol. The van der Waals surface area contributed by atoms with Gasteiger partial charge in [0.05, 0.1) is 18.6 Å². The SMILES string of the molecule is CN(C(=O)Cc1cncc(Br)c1)[C@H](CN1CC[C@H](O)C1)c1ccccc1.Cl. The van der Waals surface area contributed by atoms with Gasteiger partial charge in [0.15, 0.2) is 0 Å². The Morgan fingerprint density at radius 1 is 1.37 bits per heavy atom. The Hall–Kier alpha value is -1.47. The first-order chi connectivity index (χ1) is 12.5. The Kier molecular flexibility index (Phi) is 8.23. The van der Waals surface area contributed by atoms with Crippen LogP contribution in [0.2, 0.25) is 0 Å². The highest BCUT2D eigenvalue weighted by Crippen LogP contribution is 2.24. The number of likely N-dealkylation sites (tertiary alicyclic amines) is 1. The van der Waals surface area contributed by atoms with Gasteiger partial charge in [0.1, 0.15) is 0 Å². The van der Waals surface area contributed by atoms with E-state index in [4.69, 9.17) is 0 Å². The minimum absolute atomic E-state index is 0. The van der Waals surface area contributed by atoms with E-state index in [0.717, 1.165) is 35.1 Å². The number of amides is 1. The first kappa shape index (κ1) is 21.8. The van der Waals surface area contributed by atoms with Crippen molar-refractivity contribution in [3.8, 4) is 0 Å². The van der Waals surface area contributed by atoms with Crippen molar-refractivity contribution in [2.45, 2.75) is 25.0 Å². The minimum atomic E-state index is -0.264. The summed E-state index contributed by atoms with van der Waals surface area (Å²) in [5.74, 6) is 0.0542. The van der Waals surface area contributed by atoms with Crippen molar-refractivity contribution >= 4 is 34.2 Å². The molecule has 0 radical (unpaired) electrons. The number of aliphatic hydroxyl groups excluding tert-OH is 1. The number of likely N-dealkylation sites (N-methyl/N-ethyl adjacent to an activating group) is 1. The molecule has 0 bridgehead atoms. The second-order valence-corrected chi connectivity index (χ2v) is 7.74. The van der Waals surface area contributed by atoms with E-state index in [1.54, 1.807) is 12.4 Å². The average Bonchev–Trinajstić information content (AvgIpc) is 3.05. The van der Waals surface area contributed by atoms with E-state index >= 15 is 0 Å². The highest BCUT2D eigenvalue weighted by Gasteiger charge is 2.28. The predicted octanol–water partition coefficient (Wildman–Crippen LogP) is 3.07. The summed E-state index contributed by atoms with van der Waals surface area (Å²) < 4.78 is 0.871. The molecule has 1 saturated heterocycles. The van der Waals surface area contributed by atoms with Crippen molar-refractivity contribution in [2.24, 2.45) is 0 Å². The maximum absolute atomic E-state index is 12.9. The molecule has 27 heavy (non-hydrogen) atoms. The maximum atomic E-state index is 12.9. The lowest BCUT2D eigenvalue weighted by atomic mass is 10.0. The molecule has 0 saturated carbocycles. The highest BCUT2D eigenvalue weighted by molar-refractivity contribution is 9.10. The number of β-amino-alcohol motifs (C(OH)–C–C–N with tert-alkyl or cyclic N) is 1. The van der Waals surface area contributed by atoms with Gasteiger partial charge in [-0.3, -0.25) is 14.7 Å². The molecule has 0 spiro atoms. The number of hydrogen-bond donors (Lipinski definition) is 1. The van der Waals surface area contributed by atoms with Crippen LogP contribution in [-0.2, 0) is 11.2 Å². The number of pyridine rings is 1. The van der Waals surface area contributed by atoms with E-state index in [1.807, 2.05) is 36.2 Å². The monoisotopic (exact) mass is 453 g/mol. The number of carbonyl (C=O) groups excluding carboxylic acids is 1. The third-order valence-corrected chi connectivity index (χ3v) is 5.27. The Labute approximate surface area is 174 Å². The van der Waals surface area contributed by atoms with Gasteiger partial charge in [-0.05, 0) is 39.5 Å². The molecule has 1 aliphatic rings. The van der Waals surface area contributed by atoms with Crippen LogP contribution in [0.15, 0.2) is 53.3 Å². The summed E-state index contributed by atoms with van der Waals surface area (Å²) >= 11 is 3.40. The van der Waals surface area contributed by atoms with Crippen molar-refractivity contribution in [2.75, 3.05) is 26.7 Å². The predicted molar refractivity (Wildman–Crippen MR) is 112 cm³/mol. The Morgan fingerprint density at radius 2 is 2.11 bits per heavy atom. The Bertz CT molecular complexity index is 747. The van der Waals surface area contributed by atoms with Crippen molar-refractivity contribution in [3.05, 3.63) is 64.4 Å². The van der Waals surface area contributed by atoms with Crippen LogP contribution in [0.5, 0.6) is 0 Å². The normalized spacial score (nSPS) is 18.0. The van der Waals surface area contributed by atoms with E-state index in [2.05, 4.69) is 37.9 Å². The second-order valence-electron chi connectivity index (χ2n) is 6.82. The molecule has 0 unspecified atom stereocenters. The zero-order valence-electron chi connectivity index (χ0n) is 15.3. The summed E-state index contributed by atoms with van der Waals surface area (Å²) in [6, 6.07) is 12.0. The summed E-state index contributed by atoms with van der Waals surface area (Å²) in [7, 11) is 1.86. The van der Waals surface area contributed by atoms with Gasteiger partial charge in [0.2, 0.25) is 5.91 Å². The summed E-state index contributed by atoms with van der Waals surface area (Å²) in [6.07, 6.45) is 4.28. The van der Waals surface area contributed by atoms with Crippen molar-refractivity contribution < 1.29 is 9.90 Å². The van der Waals surface area contributed by atoms with Crippen LogP contribution in [0.3, 0.4) is 0 Å². The number of nitrogens with zero attached hydrogens (tertiary/aromatic N) is 3. The molecular formula is C20H25BrClN3O2. The lowest BCUT2D eigenvalue weighted by molar-refractivity contribution is -0.131. The van der Waals surface area contributed by atoms with Gasteiger partial charge < -0.3 is 10.0 Å². The van der Waals surface area contributed by atoms with Crippen molar-refractivity contribution in [1.82, 2.24) is 14.8 Å². The largest absolute Gasteiger partial charge is 0.392 e. The van der Waals surface area contributed by atoms with E-state index in [0.29, 0.717) is 13.0 Å². The van der Waals surface area contributed by atoms with Gasteiger partial charge in [0, 0.05) is 43.5 Å². The van der Waals surface area contributed by atoms with Gasteiger partial charge in [-0.25, -0.2) is 0 Å². The van der Waals surface area contributed by atoms with E-state index in [9.17, 15) is 9.90 Å². The molecule has 2 atom stereocenters. The maximum Gasteiger partial charge on any atom is 0.227 e. The van der Waals surface area contributed by atoms with Gasteiger partial charge >= 0.3 is 0 Å². The summed E-state index contributed by atoms with van der Waals surface area (Å²) in [5, 5.41) is 9.82. The number of halogens is 2. The molecule has 1 fully saturated rings. The number of hydrogen-bond acceptors (Lipinski definition) is 4. The lowest BCUT2D eigenvalue weighted by Gasteiger charge is -2.32. The summed E-state index contributed by atoms with van der Waals surface area (Å²) in [5.41, 5.74) is 2.00. The topological polar surface area (TPSA) is 56.7 Å². The van der Waals surface area contributed by atoms with E-state index < -0.39 is 0 Å². The quantitative estimate of drug-likeness (QED) is 0.729. The third-order valence-electron chi connectivity index (χ3n) is 4.84. The van der Waals surface area contributed by atoms with Crippen LogP contribution >= 0.6 is 28.3 Å². The van der Waals surface area contributed by atoms with Crippen molar-refractivity contribution in [1.29, 1.82) is 0 Å². The second kappa shape index (κ2) is 10.2. The number of aromatic nitrogens is 1. The van der Waals surface area contributed by atoms with E-state index in [-0.39, 0.29) is 30.5 Å². The lowest BCUT2D eigenvalue weighted by Crippen LogP contribution is -2.39. The molecule has 1 aromatic heterocycles. The molecule has 1 aliphatic heterocycles. The fraction of sp³-hybridized carbons (Fsp3) is 0.400. The summed E-state index contributed by atoms with van der Waals surface area (Å²) in [4.78, 5) is 21.1. The molecule has 0 aliphatic carbocycles. The molecule has 7 heteroatoms. The smallest absolute Gasteiger partial charge is 0.227 e. The van der Waals surface area contributed by atoms with Gasteiger partial charge in [-0.2, -0.15) is 0 Å². The highest BCUT2D eigenvalue weighted by atomic mass is 79.9. The van der Waals surface area contributed by atoms with E-state index in [1.165, 1.54) is 0 Å². The number of benzene rings is 1. The molecular weight excluding hydrogens is 430 g/mol. The number of carbonyl (C=O) groups is 1. The molecule has 2 aromatic rings. The van der Waals surface area contributed by atoms with Gasteiger partial charge in [-0.1, -0.05) is 30.3 Å². The van der Waals surface area contributed by atoms with Crippen LogP contribution in [0.25, 0.3) is 0 Å². The van der Waals surface area contributed by atoms with Crippen molar-refractivity contribution in [3.63, 3.8) is 0 Å². The molecule has 1 amide bonds. The molecule has 2 heterocycles. The van der Waals surface area contributed by atoms with Gasteiger partial charge in [0.25, 0.3) is 0 Å². The standard InChI is InChI=1S/C20H24BrN3O2.ClH/c1-23(20(26)10-15-9-17(21)12-22-11-15)19(16-5-3-2-4-6-16)14-24-8-7-18(25)13-24;/h2-6,9,11-12,18-19,25H,7-8,10,13-14H2,1H3;1H/t18-,19+;/m0./s1. The zero-order chi connectivity index (χ0) is 18.5. The van der Waals surface area contributed by atoms with Crippen LogP contribution < -0.4 is 0 Å². The molecule has 1 N–H and O–H groups in total. The Balaban J connectivity index is 0.00000261. The molecule has 146 valence electrons. The van der Waals surface area contributed by atoms with Crippen LogP contribution in [0.4, 0.5) is 0 Å². The zero-order valence-corrected chi connectivity index (χ0v) is 17.7. The van der Waals surface area contributed by atoms with Crippen LogP contribution in [0.1, 0.15) is 23.6 Å².